The molecule has 0 aliphatic heterocycles. The van der Waals surface area contributed by atoms with Gasteiger partial charge in [-0.2, -0.15) is 0 Å². The van der Waals surface area contributed by atoms with Crippen molar-refractivity contribution in [2.45, 2.75) is 91.0 Å². The molecule has 3 saturated carbocycles. The summed E-state index contributed by atoms with van der Waals surface area (Å²) < 4.78 is 18.3. The maximum absolute atomic E-state index is 12.8. The number of carbonyl (C=O) groups excluding carboxylic acids is 4. The van der Waals surface area contributed by atoms with Crippen molar-refractivity contribution < 1.29 is 33.4 Å². The van der Waals surface area contributed by atoms with E-state index >= 15 is 0 Å². The zero-order chi connectivity index (χ0) is 28.2. The van der Waals surface area contributed by atoms with Gasteiger partial charge in [0.25, 0.3) is 0 Å². The van der Waals surface area contributed by atoms with Crippen LogP contribution in [0, 0.1) is 22.7 Å². The Hall–Kier alpha value is -3.22. The Kier molecular flexibility index (Phi) is 6.84. The molecule has 0 heterocycles. The molecule has 1 aromatic rings. The molecule has 208 valence electrons. The zero-order valence-electron chi connectivity index (χ0n) is 23.5. The van der Waals surface area contributed by atoms with Crippen LogP contribution in [0.25, 0.3) is 0 Å². The molecule has 0 amide bonds. The lowest BCUT2D eigenvalue weighted by Crippen LogP contribution is -2.68. The van der Waals surface area contributed by atoms with Crippen molar-refractivity contribution in [1.82, 2.24) is 0 Å². The monoisotopic (exact) mass is 534 g/mol. The van der Waals surface area contributed by atoms with Gasteiger partial charge in [0.2, 0.25) is 0 Å². The molecule has 4 aliphatic rings. The molecule has 0 N–H and O–H groups in total. The van der Waals surface area contributed by atoms with Crippen LogP contribution in [0.15, 0.2) is 53.6 Å². The Morgan fingerprint density at radius 2 is 1.59 bits per heavy atom. The number of carbonyl (C=O) groups is 4. The van der Waals surface area contributed by atoms with Crippen LogP contribution in [0.3, 0.4) is 0 Å². The number of rotatable bonds is 5. The Labute approximate surface area is 230 Å². The minimum atomic E-state index is -1.20. The van der Waals surface area contributed by atoms with Gasteiger partial charge in [0.15, 0.2) is 5.60 Å². The van der Waals surface area contributed by atoms with Crippen molar-refractivity contribution in [2.24, 2.45) is 22.7 Å². The van der Waals surface area contributed by atoms with Gasteiger partial charge in [-0.05, 0) is 68.1 Å². The quantitative estimate of drug-likeness (QED) is 0.362. The summed E-state index contributed by atoms with van der Waals surface area (Å²) in [5.41, 5.74) is 0.169. The van der Waals surface area contributed by atoms with E-state index in [0.29, 0.717) is 31.2 Å². The number of hydrogen-bond acceptors (Lipinski definition) is 7. The molecule has 0 saturated heterocycles. The summed E-state index contributed by atoms with van der Waals surface area (Å²) in [6, 6.07) is 8.93. The first-order chi connectivity index (χ1) is 18.4. The van der Waals surface area contributed by atoms with Crippen LogP contribution in [0.4, 0.5) is 0 Å². The fourth-order valence-electron chi connectivity index (χ4n) is 8.33. The highest BCUT2D eigenvalue weighted by atomic mass is 16.6. The van der Waals surface area contributed by atoms with Crippen LogP contribution in [0.1, 0.15) is 83.5 Å². The summed E-state index contributed by atoms with van der Waals surface area (Å²) in [6.07, 6.45) is 6.68. The first-order valence-electron chi connectivity index (χ1n) is 14.0. The maximum Gasteiger partial charge on any atom is 0.338 e. The largest absolute Gasteiger partial charge is 0.458 e. The van der Waals surface area contributed by atoms with Crippen LogP contribution < -0.4 is 0 Å². The van der Waals surface area contributed by atoms with E-state index in [0.717, 1.165) is 24.0 Å². The second kappa shape index (κ2) is 9.76. The molecule has 0 aromatic heterocycles. The van der Waals surface area contributed by atoms with Crippen molar-refractivity contribution in [2.75, 3.05) is 0 Å². The lowest BCUT2D eigenvalue weighted by Gasteiger charge is -2.62. The number of esters is 3. The third-order valence-electron chi connectivity index (χ3n) is 10.0. The average molecular weight is 535 g/mol. The van der Waals surface area contributed by atoms with Gasteiger partial charge in [-0.25, -0.2) is 4.79 Å². The number of ketones is 1. The van der Waals surface area contributed by atoms with Gasteiger partial charge < -0.3 is 14.2 Å². The van der Waals surface area contributed by atoms with Crippen LogP contribution in [0.2, 0.25) is 0 Å². The fourth-order valence-corrected chi connectivity index (χ4v) is 8.33. The number of hydrogen-bond donors (Lipinski definition) is 0. The third-order valence-corrected chi connectivity index (χ3v) is 10.0. The molecule has 2 unspecified atom stereocenters. The van der Waals surface area contributed by atoms with E-state index in [1.165, 1.54) is 13.8 Å². The number of allylic oxidation sites excluding steroid dienone is 2. The Morgan fingerprint density at radius 1 is 0.872 bits per heavy atom. The van der Waals surface area contributed by atoms with E-state index in [1.807, 2.05) is 12.1 Å². The Morgan fingerprint density at radius 3 is 2.23 bits per heavy atom. The van der Waals surface area contributed by atoms with Crippen LogP contribution in [-0.2, 0) is 28.6 Å². The van der Waals surface area contributed by atoms with Gasteiger partial charge in [0.1, 0.15) is 18.0 Å². The van der Waals surface area contributed by atoms with Crippen LogP contribution in [-0.4, -0.2) is 41.5 Å². The smallest absolute Gasteiger partial charge is 0.338 e. The minimum absolute atomic E-state index is 0.0146. The fraction of sp³-hybridized carbons (Fsp3) is 0.562. The third kappa shape index (κ3) is 4.25. The van der Waals surface area contributed by atoms with E-state index in [-0.39, 0.29) is 29.7 Å². The SMILES string of the molecule is CC(=O)OC1C[C@]2(C)[C@@H](C(C)=O)CC[C@H]2C2=CC=C3CC(OC(=O)c4ccccc4)CC[C@]3(C)[C@]21OC(C)=O. The first-order valence-corrected chi connectivity index (χ1v) is 14.0. The van der Waals surface area contributed by atoms with E-state index in [4.69, 9.17) is 14.2 Å². The molecule has 7 nitrogen and oxygen atoms in total. The standard InChI is InChI=1S/C32H38O7/c1-19(33)25-13-14-26-27-12-11-23-17-24(38-29(36)22-9-7-6-8-10-22)15-16-31(23,5)32(27,39-21(3)35)28(37-20(2)34)18-30(25,26)4/h6-12,24-26,28H,13-18H2,1-5H3/t24?,25-,26+,28?,30-,31+,32+/m1/s1. The molecule has 0 bridgehead atoms. The molecule has 3 fully saturated rings. The van der Waals surface area contributed by atoms with Crippen molar-refractivity contribution in [3.63, 3.8) is 0 Å². The predicted octanol–water partition coefficient (Wildman–Crippen LogP) is 5.53. The summed E-state index contributed by atoms with van der Waals surface area (Å²) in [4.78, 5) is 50.8. The van der Waals surface area contributed by atoms with Gasteiger partial charge in [-0.1, -0.05) is 49.8 Å². The topological polar surface area (TPSA) is 96.0 Å². The van der Waals surface area contributed by atoms with Gasteiger partial charge in [0, 0.05) is 31.6 Å². The average Bonchev–Trinajstić information content (AvgIpc) is 3.21. The first kappa shape index (κ1) is 27.4. The maximum atomic E-state index is 12.8. The molecule has 0 spiro atoms. The molecular weight excluding hydrogens is 496 g/mol. The molecule has 7 atom stereocenters. The van der Waals surface area contributed by atoms with E-state index < -0.39 is 34.5 Å². The number of Topliss-reactive ketones (excluding diaryl/α,β-unsaturated/α-hetero) is 1. The van der Waals surface area contributed by atoms with E-state index in [9.17, 15) is 19.2 Å². The zero-order valence-corrected chi connectivity index (χ0v) is 23.5. The van der Waals surface area contributed by atoms with Crippen molar-refractivity contribution in [1.29, 1.82) is 0 Å². The number of ether oxygens (including phenoxy) is 3. The van der Waals surface area contributed by atoms with Crippen LogP contribution >= 0.6 is 0 Å². The van der Waals surface area contributed by atoms with Gasteiger partial charge >= 0.3 is 17.9 Å². The molecule has 39 heavy (non-hydrogen) atoms. The highest BCUT2D eigenvalue weighted by molar-refractivity contribution is 5.89. The summed E-state index contributed by atoms with van der Waals surface area (Å²) in [7, 11) is 0. The highest BCUT2D eigenvalue weighted by Gasteiger charge is 2.71. The second-order valence-electron chi connectivity index (χ2n) is 12.2. The van der Waals surface area contributed by atoms with Crippen molar-refractivity contribution >= 4 is 23.7 Å². The lowest BCUT2D eigenvalue weighted by molar-refractivity contribution is -0.216. The molecule has 0 radical (unpaired) electrons. The molecule has 1 aromatic carbocycles. The Balaban J connectivity index is 1.57. The molecule has 5 rings (SSSR count). The number of fused-ring (bicyclic) bond motifs is 5. The van der Waals surface area contributed by atoms with E-state index in [1.54, 1.807) is 31.2 Å². The summed E-state index contributed by atoms with van der Waals surface area (Å²) in [6.45, 7) is 8.61. The second-order valence-corrected chi connectivity index (χ2v) is 12.2. The van der Waals surface area contributed by atoms with Gasteiger partial charge in [0.05, 0.1) is 5.56 Å². The number of benzene rings is 1. The van der Waals surface area contributed by atoms with Crippen LogP contribution in [0.5, 0.6) is 0 Å². The van der Waals surface area contributed by atoms with Crippen molar-refractivity contribution in [3.05, 3.63) is 59.2 Å². The summed E-state index contributed by atoms with van der Waals surface area (Å²) in [5, 5.41) is 0. The highest BCUT2D eigenvalue weighted by Crippen LogP contribution is 2.68. The van der Waals surface area contributed by atoms with Crippen molar-refractivity contribution in [3.8, 4) is 0 Å². The van der Waals surface area contributed by atoms with Gasteiger partial charge in [-0.15, -0.1) is 0 Å². The summed E-state index contributed by atoms with van der Waals surface area (Å²) >= 11 is 0. The predicted molar refractivity (Wildman–Crippen MR) is 143 cm³/mol. The summed E-state index contributed by atoms with van der Waals surface area (Å²) in [5.74, 6) is -1.25. The molecular formula is C32H38O7. The lowest BCUT2D eigenvalue weighted by atomic mass is 9.46. The van der Waals surface area contributed by atoms with E-state index in [2.05, 4.69) is 19.9 Å². The minimum Gasteiger partial charge on any atom is -0.458 e. The molecule has 7 heteroatoms. The Bertz CT molecular complexity index is 1260. The normalized spacial score (nSPS) is 36.7. The van der Waals surface area contributed by atoms with Gasteiger partial charge in [-0.3, -0.25) is 14.4 Å². The molecule has 4 aliphatic carbocycles.